The van der Waals surface area contributed by atoms with Gasteiger partial charge in [0.1, 0.15) is 12.1 Å². The maximum absolute atomic E-state index is 14.2. The van der Waals surface area contributed by atoms with Gasteiger partial charge in [-0.15, -0.1) is 11.3 Å². The minimum Gasteiger partial charge on any atom is -0.340 e. The number of fused-ring (bicyclic) bond motifs is 1. The van der Waals surface area contributed by atoms with Gasteiger partial charge in [-0.2, -0.15) is 8.78 Å². The van der Waals surface area contributed by atoms with Crippen molar-refractivity contribution >= 4 is 46.7 Å². The van der Waals surface area contributed by atoms with Crippen molar-refractivity contribution in [1.29, 1.82) is 0 Å². The van der Waals surface area contributed by atoms with Crippen molar-refractivity contribution in [1.82, 2.24) is 15.1 Å². The fourth-order valence-corrected chi connectivity index (χ4v) is 6.43. The summed E-state index contributed by atoms with van der Waals surface area (Å²) in [6, 6.07) is 12.4. The van der Waals surface area contributed by atoms with Crippen LogP contribution in [0.5, 0.6) is 0 Å². The molecule has 1 saturated heterocycles. The second-order valence-electron chi connectivity index (χ2n) is 11.6. The topological polar surface area (TPSA) is 127 Å². The Morgan fingerprint density at radius 3 is 2.40 bits per heavy atom. The lowest BCUT2D eigenvalue weighted by Gasteiger charge is -2.36. The molecule has 2 unspecified atom stereocenters. The molecule has 3 amide bonds. The van der Waals surface area contributed by atoms with E-state index in [-0.39, 0.29) is 22.1 Å². The number of alkyl halides is 2. The summed E-state index contributed by atoms with van der Waals surface area (Å²) in [4.78, 5) is 62.0. The van der Waals surface area contributed by atoms with Gasteiger partial charge in [0.05, 0.1) is 4.88 Å². The predicted octanol–water partition coefficient (Wildman–Crippen LogP) is 4.92. The highest BCUT2D eigenvalue weighted by molar-refractivity contribution is 7.52. The van der Waals surface area contributed by atoms with Crippen LogP contribution in [0.25, 0.3) is 10.1 Å². The second-order valence-corrected chi connectivity index (χ2v) is 14.3. The molecule has 1 aliphatic heterocycles. The van der Waals surface area contributed by atoms with Crippen LogP contribution in [-0.4, -0.2) is 63.0 Å². The molecule has 42 heavy (non-hydrogen) atoms. The van der Waals surface area contributed by atoms with Crippen LogP contribution in [0.15, 0.2) is 54.6 Å². The van der Waals surface area contributed by atoms with Gasteiger partial charge in [0.25, 0.3) is 5.91 Å². The van der Waals surface area contributed by atoms with Gasteiger partial charge in [-0.1, -0.05) is 57.2 Å². The summed E-state index contributed by atoms with van der Waals surface area (Å²) in [7, 11) is -4.06. The standard InChI is InChI=1S/C29H34F2N3O6PS/c1-28(2,3)24(27(37)34-14-8-11-21(34)26(36)33(4)17-18-9-6-5-7-10-18)32-25(35)23-16-19-15-20(12-13-22(19)42-23)29(30,31)41(38,39)40/h5-7,9-10,12-13,15-16,21,24H,8,11,14,17H2,1-4H3,(H,32,35)(H2,38,39,40). The van der Waals surface area contributed by atoms with Crippen molar-refractivity contribution in [2.75, 3.05) is 13.6 Å². The second kappa shape index (κ2) is 11.8. The Kier molecular flexibility index (Phi) is 8.95. The lowest BCUT2D eigenvalue weighted by Crippen LogP contribution is -2.57. The van der Waals surface area contributed by atoms with Gasteiger partial charge in [-0.05, 0) is 47.4 Å². The molecular weight excluding hydrogens is 587 g/mol. The van der Waals surface area contributed by atoms with Crippen molar-refractivity contribution < 1.29 is 37.5 Å². The molecule has 2 atom stereocenters. The average Bonchev–Trinajstić information content (AvgIpc) is 3.57. The molecular formula is C29H34F2N3O6PS. The maximum atomic E-state index is 14.2. The minimum atomic E-state index is -5.76. The molecule has 1 aromatic heterocycles. The Morgan fingerprint density at radius 1 is 1.12 bits per heavy atom. The Hall–Kier alpha value is -3.18. The number of nitrogens with one attached hydrogen (secondary N) is 1. The van der Waals surface area contributed by atoms with Gasteiger partial charge in [0, 0.05) is 30.4 Å². The predicted molar refractivity (Wildman–Crippen MR) is 156 cm³/mol. The third-order valence-electron chi connectivity index (χ3n) is 7.30. The van der Waals surface area contributed by atoms with E-state index in [2.05, 4.69) is 5.32 Å². The molecule has 9 nitrogen and oxygen atoms in total. The highest BCUT2D eigenvalue weighted by Gasteiger charge is 2.50. The summed E-state index contributed by atoms with van der Waals surface area (Å²) in [6.45, 7) is 6.16. The van der Waals surface area contributed by atoms with E-state index in [0.717, 1.165) is 29.0 Å². The number of carbonyl (C=O) groups excluding carboxylic acids is 3. The van der Waals surface area contributed by atoms with E-state index in [1.54, 1.807) is 32.7 Å². The van der Waals surface area contributed by atoms with E-state index in [4.69, 9.17) is 9.79 Å². The van der Waals surface area contributed by atoms with Crippen LogP contribution in [0.3, 0.4) is 0 Å². The zero-order valence-corrected chi connectivity index (χ0v) is 25.4. The quantitative estimate of drug-likeness (QED) is 0.307. The summed E-state index contributed by atoms with van der Waals surface area (Å²) in [6.07, 6.45) is 1.15. The summed E-state index contributed by atoms with van der Waals surface area (Å²) >= 11 is 1.00. The highest BCUT2D eigenvalue weighted by atomic mass is 32.1. The van der Waals surface area contributed by atoms with Gasteiger partial charge in [-0.25, -0.2) is 0 Å². The molecule has 0 saturated carbocycles. The first-order chi connectivity index (χ1) is 19.5. The number of nitrogens with zero attached hydrogens (tertiary/aromatic N) is 2. The number of likely N-dealkylation sites (tertiary alicyclic amines) is 1. The number of carbonyl (C=O) groups is 3. The van der Waals surface area contributed by atoms with Crippen molar-refractivity contribution in [3.63, 3.8) is 0 Å². The van der Waals surface area contributed by atoms with Crippen molar-refractivity contribution in [2.24, 2.45) is 5.41 Å². The smallest absolute Gasteiger partial charge is 0.340 e. The zero-order chi connectivity index (χ0) is 31.0. The highest BCUT2D eigenvalue weighted by Crippen LogP contribution is 2.59. The lowest BCUT2D eigenvalue weighted by molar-refractivity contribution is -0.145. The molecule has 13 heteroatoms. The Balaban J connectivity index is 1.53. The van der Waals surface area contributed by atoms with E-state index in [1.807, 2.05) is 30.3 Å². The molecule has 0 radical (unpaired) electrons. The van der Waals surface area contributed by atoms with Crippen molar-refractivity contribution in [2.45, 2.75) is 57.9 Å². The van der Waals surface area contributed by atoms with Gasteiger partial charge in [-0.3, -0.25) is 18.9 Å². The molecule has 226 valence electrons. The molecule has 4 rings (SSSR count). The summed E-state index contributed by atoms with van der Waals surface area (Å²) in [5, 5.41) is 3.00. The van der Waals surface area contributed by atoms with Crippen LogP contribution in [0.2, 0.25) is 0 Å². The Morgan fingerprint density at radius 2 is 1.79 bits per heavy atom. The maximum Gasteiger partial charge on any atom is 0.399 e. The monoisotopic (exact) mass is 621 g/mol. The van der Waals surface area contributed by atoms with Gasteiger partial charge in [0.15, 0.2) is 0 Å². The Labute approximate surface area is 246 Å². The van der Waals surface area contributed by atoms with Gasteiger partial charge in [0.2, 0.25) is 11.8 Å². The summed E-state index contributed by atoms with van der Waals surface area (Å²) in [5.41, 5.74) is -5.01. The van der Waals surface area contributed by atoms with E-state index >= 15 is 0 Å². The Bertz CT molecular complexity index is 1540. The van der Waals surface area contributed by atoms with Crippen LogP contribution in [0.1, 0.15) is 54.4 Å². The molecule has 2 aromatic carbocycles. The van der Waals surface area contributed by atoms with Crippen LogP contribution in [0, 0.1) is 5.41 Å². The number of hydrogen-bond acceptors (Lipinski definition) is 5. The average molecular weight is 622 g/mol. The van der Waals surface area contributed by atoms with E-state index in [1.165, 1.54) is 17.0 Å². The molecule has 1 aliphatic rings. The van der Waals surface area contributed by atoms with Crippen LogP contribution in [-0.2, 0) is 26.4 Å². The van der Waals surface area contributed by atoms with Gasteiger partial charge < -0.3 is 24.9 Å². The van der Waals surface area contributed by atoms with Gasteiger partial charge >= 0.3 is 13.3 Å². The third-order valence-corrected chi connectivity index (χ3v) is 9.41. The number of hydrogen-bond donors (Lipinski definition) is 3. The molecule has 3 aromatic rings. The largest absolute Gasteiger partial charge is 0.399 e. The number of rotatable bonds is 8. The van der Waals surface area contributed by atoms with Crippen LogP contribution in [0.4, 0.5) is 8.78 Å². The van der Waals surface area contributed by atoms with Crippen molar-refractivity contribution in [3.05, 3.63) is 70.6 Å². The number of thiophene rings is 1. The molecule has 3 N–H and O–H groups in total. The minimum absolute atomic E-state index is 0.139. The fraction of sp³-hybridized carbons (Fsp3) is 0.414. The first kappa shape index (κ1) is 31.7. The number of amides is 3. The SMILES string of the molecule is CN(Cc1ccccc1)C(=O)C1CCCN1C(=O)C(NC(=O)c1cc2cc(C(F)(F)P(=O)(O)O)ccc2s1)C(C)(C)C. The van der Waals surface area contributed by atoms with E-state index < -0.39 is 42.2 Å². The molecule has 2 heterocycles. The van der Waals surface area contributed by atoms with Crippen LogP contribution < -0.4 is 5.32 Å². The molecule has 0 aliphatic carbocycles. The number of halogens is 2. The lowest BCUT2D eigenvalue weighted by atomic mass is 9.85. The van der Waals surface area contributed by atoms with E-state index in [0.29, 0.717) is 30.6 Å². The summed E-state index contributed by atoms with van der Waals surface area (Å²) < 4.78 is 40.2. The normalized spacial score (nSPS) is 16.9. The first-order valence-electron chi connectivity index (χ1n) is 13.4. The molecule has 0 bridgehead atoms. The number of likely N-dealkylation sites (N-methyl/N-ethyl adjacent to an activating group) is 1. The van der Waals surface area contributed by atoms with E-state index in [9.17, 15) is 27.7 Å². The van der Waals surface area contributed by atoms with Crippen molar-refractivity contribution in [3.8, 4) is 0 Å². The summed E-state index contributed by atoms with van der Waals surface area (Å²) in [5.74, 6) is -1.17. The third kappa shape index (κ3) is 6.57. The molecule has 0 spiro atoms. The zero-order valence-electron chi connectivity index (χ0n) is 23.7. The molecule has 1 fully saturated rings. The van der Waals surface area contributed by atoms with Crippen LogP contribution >= 0.6 is 18.9 Å². The fourth-order valence-electron chi connectivity index (χ4n) is 5.00. The first-order valence-corrected chi connectivity index (χ1v) is 15.8. The number of benzene rings is 2.